The lowest BCUT2D eigenvalue weighted by atomic mass is 10.1. The molecular weight excluding hydrogens is 300 g/mol. The molecule has 2 heterocycles. The smallest absolute Gasteiger partial charge is 0.350 e. The first-order valence-corrected chi connectivity index (χ1v) is 7.69. The van der Waals surface area contributed by atoms with Gasteiger partial charge in [0.1, 0.15) is 4.88 Å². The molecule has 0 aliphatic carbocycles. The van der Waals surface area contributed by atoms with Crippen LogP contribution in [0.2, 0.25) is 0 Å². The van der Waals surface area contributed by atoms with Gasteiger partial charge in [-0.05, 0) is 19.4 Å². The highest BCUT2D eigenvalue weighted by Crippen LogP contribution is 2.27. The van der Waals surface area contributed by atoms with E-state index in [1.807, 2.05) is 41.7 Å². The molecule has 3 rings (SSSR count). The van der Waals surface area contributed by atoms with Gasteiger partial charge in [-0.2, -0.15) is 4.98 Å². The van der Waals surface area contributed by atoms with Gasteiger partial charge in [-0.25, -0.2) is 4.79 Å². The second-order valence-electron chi connectivity index (χ2n) is 4.70. The van der Waals surface area contributed by atoms with Crippen molar-refractivity contribution in [2.45, 2.75) is 13.8 Å². The zero-order chi connectivity index (χ0) is 15.7. The van der Waals surface area contributed by atoms with Gasteiger partial charge in [-0.3, -0.25) is 9.20 Å². The minimum absolute atomic E-state index is 0.308. The van der Waals surface area contributed by atoms with Crippen LogP contribution < -0.4 is 5.56 Å². The molecule has 1 aromatic carbocycles. The van der Waals surface area contributed by atoms with Crippen LogP contribution in [0.4, 0.5) is 0 Å². The summed E-state index contributed by atoms with van der Waals surface area (Å²) < 4.78 is 6.89. The molecule has 3 aromatic rings. The van der Waals surface area contributed by atoms with E-state index in [-0.39, 0.29) is 11.5 Å². The van der Waals surface area contributed by atoms with Crippen molar-refractivity contribution in [1.29, 1.82) is 0 Å². The molecule has 0 unspecified atom stereocenters. The van der Waals surface area contributed by atoms with E-state index in [1.54, 1.807) is 6.92 Å². The van der Waals surface area contributed by atoms with Crippen LogP contribution in [-0.2, 0) is 4.74 Å². The van der Waals surface area contributed by atoms with E-state index in [4.69, 9.17) is 4.74 Å². The maximum absolute atomic E-state index is 12.0. The number of esters is 1. The molecule has 0 amide bonds. The number of thiazole rings is 1. The lowest BCUT2D eigenvalue weighted by molar-refractivity contribution is 0.0531. The molecule has 0 fully saturated rings. The molecule has 0 aliphatic rings. The predicted molar refractivity (Wildman–Crippen MR) is 85.5 cm³/mol. The Morgan fingerprint density at radius 2 is 2.05 bits per heavy atom. The van der Waals surface area contributed by atoms with E-state index in [0.29, 0.717) is 16.4 Å². The summed E-state index contributed by atoms with van der Waals surface area (Å²) in [6.45, 7) is 3.90. The number of ether oxygens (including phenoxy) is 1. The van der Waals surface area contributed by atoms with Gasteiger partial charge in [0.05, 0.1) is 12.3 Å². The van der Waals surface area contributed by atoms with Gasteiger partial charge in [0, 0.05) is 11.8 Å². The Bertz CT molecular complexity index is 897. The van der Waals surface area contributed by atoms with Gasteiger partial charge in [0.2, 0.25) is 0 Å². The molecule has 0 N–H and O–H groups in total. The summed E-state index contributed by atoms with van der Waals surface area (Å²) in [7, 11) is 0. The molecule has 0 saturated carbocycles. The summed E-state index contributed by atoms with van der Waals surface area (Å²) in [5.74, 6) is -0.387. The van der Waals surface area contributed by atoms with Crippen LogP contribution in [-0.4, -0.2) is 22.0 Å². The molecule has 112 valence electrons. The quantitative estimate of drug-likeness (QED) is 0.697. The standard InChI is InChI=1S/C16H14N2O3S/c1-3-21-15(20)14-10(2)18-12(11-7-5-4-6-8-11)9-13(19)17-16(18)22-14/h4-9H,3H2,1-2H3. The van der Waals surface area contributed by atoms with E-state index in [1.165, 1.54) is 17.4 Å². The number of hydrogen-bond acceptors (Lipinski definition) is 5. The number of benzene rings is 1. The molecule has 22 heavy (non-hydrogen) atoms. The van der Waals surface area contributed by atoms with Crippen LogP contribution in [0.25, 0.3) is 16.2 Å². The first-order valence-electron chi connectivity index (χ1n) is 6.87. The summed E-state index contributed by atoms with van der Waals surface area (Å²) in [5, 5.41) is 0. The molecule has 0 saturated heterocycles. The molecular formula is C16H14N2O3S. The van der Waals surface area contributed by atoms with Crippen molar-refractivity contribution in [3.05, 3.63) is 57.3 Å². The Kier molecular flexibility index (Phi) is 3.77. The zero-order valence-electron chi connectivity index (χ0n) is 12.2. The topological polar surface area (TPSA) is 60.7 Å². The van der Waals surface area contributed by atoms with Crippen LogP contribution in [0.1, 0.15) is 22.3 Å². The van der Waals surface area contributed by atoms with Crippen molar-refractivity contribution in [3.63, 3.8) is 0 Å². The third-order valence-corrected chi connectivity index (χ3v) is 4.41. The van der Waals surface area contributed by atoms with E-state index in [2.05, 4.69) is 4.98 Å². The van der Waals surface area contributed by atoms with Crippen LogP contribution in [0.5, 0.6) is 0 Å². The zero-order valence-corrected chi connectivity index (χ0v) is 13.0. The van der Waals surface area contributed by atoms with Gasteiger partial charge in [-0.15, -0.1) is 0 Å². The number of carbonyl (C=O) groups excluding carboxylic acids is 1. The fourth-order valence-electron chi connectivity index (χ4n) is 2.33. The highest BCUT2D eigenvalue weighted by atomic mass is 32.1. The Morgan fingerprint density at radius 3 is 2.73 bits per heavy atom. The number of aromatic nitrogens is 2. The number of carbonyl (C=O) groups is 1. The lowest BCUT2D eigenvalue weighted by Gasteiger charge is -2.07. The Morgan fingerprint density at radius 1 is 1.32 bits per heavy atom. The summed E-state index contributed by atoms with van der Waals surface area (Å²) in [4.78, 5) is 28.9. The lowest BCUT2D eigenvalue weighted by Crippen LogP contribution is -2.09. The van der Waals surface area contributed by atoms with Crippen molar-refractivity contribution in [3.8, 4) is 11.3 Å². The molecule has 6 heteroatoms. The molecule has 0 radical (unpaired) electrons. The highest BCUT2D eigenvalue weighted by Gasteiger charge is 2.19. The predicted octanol–water partition coefficient (Wildman–Crippen LogP) is 2.91. The maximum atomic E-state index is 12.0. The largest absolute Gasteiger partial charge is 0.462 e. The second-order valence-corrected chi connectivity index (χ2v) is 5.68. The van der Waals surface area contributed by atoms with Crippen molar-refractivity contribution in [2.75, 3.05) is 6.61 Å². The summed E-state index contributed by atoms with van der Waals surface area (Å²) in [5.41, 5.74) is 2.02. The van der Waals surface area contributed by atoms with Gasteiger partial charge in [0.15, 0.2) is 4.96 Å². The van der Waals surface area contributed by atoms with E-state index >= 15 is 0 Å². The highest BCUT2D eigenvalue weighted by molar-refractivity contribution is 7.19. The van der Waals surface area contributed by atoms with Crippen LogP contribution in [0.3, 0.4) is 0 Å². The van der Waals surface area contributed by atoms with Gasteiger partial charge < -0.3 is 4.74 Å². The van der Waals surface area contributed by atoms with E-state index in [0.717, 1.165) is 17.0 Å². The molecule has 0 spiro atoms. The number of aryl methyl sites for hydroxylation is 1. The van der Waals surface area contributed by atoms with Gasteiger partial charge in [0.25, 0.3) is 5.56 Å². The number of rotatable bonds is 3. The average Bonchev–Trinajstić information content (AvgIpc) is 2.84. The molecule has 0 atom stereocenters. The molecule has 5 nitrogen and oxygen atoms in total. The van der Waals surface area contributed by atoms with Crippen molar-refractivity contribution >= 4 is 22.3 Å². The Balaban J connectivity index is 2.30. The number of nitrogens with zero attached hydrogens (tertiary/aromatic N) is 2. The fourth-order valence-corrected chi connectivity index (χ4v) is 3.35. The monoisotopic (exact) mass is 314 g/mol. The van der Waals surface area contributed by atoms with Gasteiger partial charge >= 0.3 is 5.97 Å². The third kappa shape index (κ3) is 2.42. The maximum Gasteiger partial charge on any atom is 0.350 e. The summed E-state index contributed by atoms with van der Waals surface area (Å²) in [6.07, 6.45) is 0. The summed E-state index contributed by atoms with van der Waals surface area (Å²) in [6, 6.07) is 11.0. The molecule has 0 aliphatic heterocycles. The van der Waals surface area contributed by atoms with Crippen LogP contribution in [0.15, 0.2) is 41.2 Å². The number of fused-ring (bicyclic) bond motifs is 1. The molecule has 2 aromatic heterocycles. The van der Waals surface area contributed by atoms with E-state index in [9.17, 15) is 9.59 Å². The van der Waals surface area contributed by atoms with Crippen molar-refractivity contribution in [2.24, 2.45) is 0 Å². The molecule has 0 bridgehead atoms. The number of hydrogen-bond donors (Lipinski definition) is 0. The van der Waals surface area contributed by atoms with Gasteiger partial charge in [-0.1, -0.05) is 41.7 Å². The first kappa shape index (κ1) is 14.5. The Hall–Kier alpha value is -2.47. The van der Waals surface area contributed by atoms with Crippen LogP contribution >= 0.6 is 11.3 Å². The van der Waals surface area contributed by atoms with Crippen LogP contribution in [0, 0.1) is 6.92 Å². The minimum atomic E-state index is -0.387. The normalized spacial score (nSPS) is 10.8. The van der Waals surface area contributed by atoms with Crippen molar-refractivity contribution in [1.82, 2.24) is 9.38 Å². The average molecular weight is 314 g/mol. The third-order valence-electron chi connectivity index (χ3n) is 3.29. The SMILES string of the molecule is CCOC(=O)c1sc2nc(=O)cc(-c3ccccc3)n2c1C. The minimum Gasteiger partial charge on any atom is -0.462 e. The fraction of sp³-hybridized carbons (Fsp3) is 0.188. The summed E-state index contributed by atoms with van der Waals surface area (Å²) >= 11 is 1.17. The second kappa shape index (κ2) is 5.73. The van der Waals surface area contributed by atoms with E-state index < -0.39 is 0 Å². The van der Waals surface area contributed by atoms with Crippen molar-refractivity contribution < 1.29 is 9.53 Å². The first-order chi connectivity index (χ1) is 10.6. The Labute approximate surface area is 130 Å².